The minimum atomic E-state index is 0.664. The molecule has 3 aromatic rings. The van der Waals surface area contributed by atoms with Gasteiger partial charge in [-0.2, -0.15) is 5.10 Å². The number of hydrogen-bond donors (Lipinski definition) is 0. The molecule has 5 radical (unpaired) electrons. The molecule has 123 valence electrons. The molecule has 0 spiro atoms. The summed E-state index contributed by atoms with van der Waals surface area (Å²) in [6, 6.07) is 7.71. The van der Waals surface area contributed by atoms with Crippen molar-refractivity contribution in [2.75, 3.05) is 7.11 Å². The zero-order valence-corrected chi connectivity index (χ0v) is 14.2. The molecule has 2 heterocycles. The Morgan fingerprint density at radius 1 is 1.16 bits per heavy atom. The smallest absolute Gasteiger partial charge is 0.211 e. The van der Waals surface area contributed by atoms with Crippen molar-refractivity contribution in [1.29, 1.82) is 0 Å². The molecule has 7 heteroatoms. The molecular formula is C18H14N5OS. The number of ether oxygens (including phenoxy) is 1. The van der Waals surface area contributed by atoms with Crippen LogP contribution in [0.15, 0.2) is 41.9 Å². The fourth-order valence-electron chi connectivity index (χ4n) is 2.36. The molecule has 0 amide bonds. The molecule has 1 fully saturated rings. The van der Waals surface area contributed by atoms with Gasteiger partial charge in [0.05, 0.1) is 12.8 Å². The van der Waals surface area contributed by atoms with Crippen molar-refractivity contribution in [3.63, 3.8) is 0 Å². The number of aromatic nitrogens is 4. The molecular weight excluding hydrogens is 334 g/mol. The molecule has 0 bridgehead atoms. The second-order valence-electron chi connectivity index (χ2n) is 5.20. The number of nitrogens with zero attached hydrogens (tertiary/aromatic N) is 5. The molecule has 0 aliphatic heterocycles. The third kappa shape index (κ3) is 3.46. The van der Waals surface area contributed by atoms with Gasteiger partial charge in [-0.3, -0.25) is 0 Å². The largest absolute Gasteiger partial charge is 0.497 e. The molecule has 25 heavy (non-hydrogen) atoms. The lowest BCUT2D eigenvalue weighted by atomic mass is 10.1. The first-order valence-electron chi connectivity index (χ1n) is 7.59. The first-order valence-corrected chi connectivity index (χ1v) is 8.41. The number of benzene rings is 1. The van der Waals surface area contributed by atoms with E-state index in [0.29, 0.717) is 5.13 Å². The Balaban J connectivity index is 1.63. The predicted octanol–water partition coefficient (Wildman–Crippen LogP) is 3.24. The lowest BCUT2D eigenvalue weighted by molar-refractivity contribution is 0.415. The molecule has 1 aliphatic carbocycles. The van der Waals surface area contributed by atoms with Gasteiger partial charge in [0.2, 0.25) is 5.13 Å². The van der Waals surface area contributed by atoms with Crippen LogP contribution < -0.4 is 4.74 Å². The van der Waals surface area contributed by atoms with Crippen molar-refractivity contribution in [1.82, 2.24) is 19.7 Å². The van der Waals surface area contributed by atoms with Crippen molar-refractivity contribution >= 4 is 22.7 Å². The number of methoxy groups -OCH3 is 1. The van der Waals surface area contributed by atoms with Gasteiger partial charge in [-0.05, 0) is 55.5 Å². The van der Waals surface area contributed by atoms with Crippen LogP contribution in [-0.4, -0.2) is 33.1 Å². The Morgan fingerprint density at radius 2 is 1.96 bits per heavy atom. The van der Waals surface area contributed by atoms with E-state index in [1.807, 2.05) is 49.9 Å². The molecule has 2 aromatic heterocycles. The van der Waals surface area contributed by atoms with E-state index in [9.17, 15) is 0 Å². The highest BCUT2D eigenvalue weighted by Gasteiger charge is 2.26. The maximum Gasteiger partial charge on any atom is 0.211 e. The average molecular weight is 348 g/mol. The van der Waals surface area contributed by atoms with Crippen LogP contribution in [0.2, 0.25) is 0 Å². The molecule has 0 N–H and O–H groups in total. The standard InChI is InChI=1S/C18H14N5OS/c1-24-15-8-6-13(7-9-15)10-20-18-22-16(14-4-2-3-5-14)17(25-18)23-12-19-11-21-23/h2-12H,1H3/b20-10+. The lowest BCUT2D eigenvalue weighted by Crippen LogP contribution is -2.02. The Labute approximate surface area is 150 Å². The monoisotopic (exact) mass is 348 g/mol. The van der Waals surface area contributed by atoms with Gasteiger partial charge >= 0.3 is 0 Å². The molecule has 1 aromatic carbocycles. The van der Waals surface area contributed by atoms with Gasteiger partial charge in [-0.15, -0.1) is 0 Å². The summed E-state index contributed by atoms with van der Waals surface area (Å²) in [6.45, 7) is 0. The molecule has 1 saturated carbocycles. The Bertz CT molecular complexity index is 848. The molecule has 0 atom stereocenters. The van der Waals surface area contributed by atoms with E-state index < -0.39 is 0 Å². The van der Waals surface area contributed by atoms with Crippen LogP contribution in [0.25, 0.3) is 5.00 Å². The number of hydrogen-bond acceptors (Lipinski definition) is 6. The highest BCUT2D eigenvalue weighted by Crippen LogP contribution is 2.38. The van der Waals surface area contributed by atoms with Crippen LogP contribution in [0.5, 0.6) is 5.75 Å². The summed E-state index contributed by atoms with van der Waals surface area (Å²) in [7, 11) is 1.65. The SMILES string of the molecule is COc1ccc(/C=N/c2nc([C]3[CH][CH][CH][CH]3)c(-n3cncn3)s2)cc1. The summed E-state index contributed by atoms with van der Waals surface area (Å²) in [4.78, 5) is 13.2. The third-order valence-electron chi connectivity index (χ3n) is 3.60. The van der Waals surface area contributed by atoms with Gasteiger partial charge < -0.3 is 4.74 Å². The summed E-state index contributed by atoms with van der Waals surface area (Å²) in [5.41, 5.74) is 1.83. The highest BCUT2D eigenvalue weighted by molar-refractivity contribution is 7.18. The molecule has 6 nitrogen and oxygen atoms in total. The zero-order chi connectivity index (χ0) is 17.1. The van der Waals surface area contributed by atoms with E-state index >= 15 is 0 Å². The first-order chi connectivity index (χ1) is 12.3. The Hall–Kier alpha value is -2.54. The molecule has 0 saturated heterocycles. The van der Waals surface area contributed by atoms with Crippen LogP contribution in [0.3, 0.4) is 0 Å². The number of aliphatic imine (C=N–C) groups is 1. The Kier molecular flexibility index (Phi) is 4.56. The average Bonchev–Trinajstić information content (AvgIpc) is 3.41. The minimum Gasteiger partial charge on any atom is -0.497 e. The van der Waals surface area contributed by atoms with Crippen molar-refractivity contribution in [2.45, 2.75) is 0 Å². The molecule has 0 unspecified atom stereocenters. The van der Waals surface area contributed by atoms with Gasteiger partial charge in [0.15, 0.2) is 0 Å². The topological polar surface area (TPSA) is 65.2 Å². The predicted molar refractivity (Wildman–Crippen MR) is 96.8 cm³/mol. The third-order valence-corrected chi connectivity index (χ3v) is 4.55. The summed E-state index contributed by atoms with van der Waals surface area (Å²) >= 11 is 1.47. The summed E-state index contributed by atoms with van der Waals surface area (Å²) < 4.78 is 6.88. The van der Waals surface area contributed by atoms with Crippen LogP contribution in [-0.2, 0) is 0 Å². The minimum absolute atomic E-state index is 0.664. The van der Waals surface area contributed by atoms with Gasteiger partial charge in [-0.25, -0.2) is 19.6 Å². The maximum absolute atomic E-state index is 5.16. The van der Waals surface area contributed by atoms with Crippen LogP contribution in [0.4, 0.5) is 5.13 Å². The fraction of sp³-hybridized carbons (Fsp3) is 0.0556. The van der Waals surface area contributed by atoms with Gasteiger partial charge in [0.1, 0.15) is 23.4 Å². The van der Waals surface area contributed by atoms with Gasteiger partial charge in [0, 0.05) is 12.1 Å². The van der Waals surface area contributed by atoms with Crippen LogP contribution >= 0.6 is 11.3 Å². The van der Waals surface area contributed by atoms with Crippen molar-refractivity contribution < 1.29 is 4.74 Å². The normalized spacial score (nSPS) is 15.2. The summed E-state index contributed by atoms with van der Waals surface area (Å²) in [6.07, 6.45) is 13.0. The van der Waals surface area contributed by atoms with E-state index in [0.717, 1.165) is 27.9 Å². The summed E-state index contributed by atoms with van der Waals surface area (Å²) in [5.74, 6) is 1.85. The molecule has 4 rings (SSSR count). The van der Waals surface area contributed by atoms with E-state index in [-0.39, 0.29) is 0 Å². The van der Waals surface area contributed by atoms with E-state index in [2.05, 4.69) is 20.1 Å². The van der Waals surface area contributed by atoms with E-state index in [1.165, 1.54) is 17.7 Å². The second-order valence-corrected chi connectivity index (χ2v) is 6.15. The van der Waals surface area contributed by atoms with Gasteiger partial charge in [0.25, 0.3) is 0 Å². The Morgan fingerprint density at radius 3 is 2.64 bits per heavy atom. The van der Waals surface area contributed by atoms with Crippen molar-refractivity contribution in [3.05, 3.63) is 79.8 Å². The number of thiazole rings is 1. The van der Waals surface area contributed by atoms with E-state index in [4.69, 9.17) is 4.74 Å². The molecule has 1 aliphatic rings. The zero-order valence-electron chi connectivity index (χ0n) is 13.4. The quantitative estimate of drug-likeness (QED) is 0.664. The van der Waals surface area contributed by atoms with Crippen molar-refractivity contribution in [3.8, 4) is 10.8 Å². The van der Waals surface area contributed by atoms with Crippen molar-refractivity contribution in [2.24, 2.45) is 4.99 Å². The lowest BCUT2D eigenvalue weighted by Gasteiger charge is -2.06. The van der Waals surface area contributed by atoms with Crippen LogP contribution in [0, 0.1) is 31.6 Å². The van der Waals surface area contributed by atoms with Gasteiger partial charge in [-0.1, -0.05) is 11.3 Å². The van der Waals surface area contributed by atoms with E-state index in [1.54, 1.807) is 24.3 Å². The van der Waals surface area contributed by atoms with Crippen LogP contribution in [0.1, 0.15) is 11.3 Å². The maximum atomic E-state index is 5.16. The summed E-state index contributed by atoms with van der Waals surface area (Å²) in [5, 5.41) is 5.78. The fourth-order valence-corrected chi connectivity index (χ4v) is 3.23. The second kappa shape index (κ2) is 7.14. The number of rotatable bonds is 5. The highest BCUT2D eigenvalue weighted by atomic mass is 32.1. The first kappa shape index (κ1) is 16.0.